The summed E-state index contributed by atoms with van der Waals surface area (Å²) in [6.07, 6.45) is 0.479. The Labute approximate surface area is 129 Å². The average molecular weight is 300 g/mol. The van der Waals surface area contributed by atoms with Gasteiger partial charge in [-0.1, -0.05) is 23.8 Å². The van der Waals surface area contributed by atoms with Gasteiger partial charge in [-0.15, -0.1) is 11.8 Å². The molecule has 0 fully saturated rings. The van der Waals surface area contributed by atoms with Gasteiger partial charge in [-0.3, -0.25) is 4.79 Å². The number of nitrogen functional groups attached to an aromatic ring is 1. The number of benzene rings is 2. The molecule has 2 aromatic carbocycles. The van der Waals surface area contributed by atoms with E-state index in [4.69, 9.17) is 5.73 Å². The maximum atomic E-state index is 12.0. The van der Waals surface area contributed by atoms with Crippen molar-refractivity contribution < 1.29 is 4.79 Å². The molecular weight excluding hydrogens is 280 g/mol. The van der Waals surface area contributed by atoms with Crippen LogP contribution in [0.15, 0.2) is 47.4 Å². The van der Waals surface area contributed by atoms with E-state index in [1.165, 1.54) is 10.5 Å². The van der Waals surface area contributed by atoms with Gasteiger partial charge in [-0.25, -0.2) is 0 Å². The Kier molecular flexibility index (Phi) is 5.28. The molecule has 0 aromatic heterocycles. The molecule has 1 amide bonds. The van der Waals surface area contributed by atoms with Crippen molar-refractivity contribution in [3.05, 3.63) is 53.6 Å². The number of hydrogen-bond donors (Lipinski definition) is 2. The molecule has 3 N–H and O–H groups in total. The number of amides is 1. The molecule has 2 aromatic rings. The largest absolute Gasteiger partial charge is 0.399 e. The molecule has 0 spiro atoms. The van der Waals surface area contributed by atoms with Crippen molar-refractivity contribution in [3.63, 3.8) is 0 Å². The third kappa shape index (κ3) is 4.83. The molecule has 3 nitrogen and oxygen atoms in total. The summed E-state index contributed by atoms with van der Waals surface area (Å²) in [5, 5.41) is 2.92. The highest BCUT2D eigenvalue weighted by Crippen LogP contribution is 2.21. The van der Waals surface area contributed by atoms with Crippen molar-refractivity contribution in [2.24, 2.45) is 0 Å². The van der Waals surface area contributed by atoms with Gasteiger partial charge >= 0.3 is 0 Å². The van der Waals surface area contributed by atoms with Gasteiger partial charge in [0.05, 0.1) is 0 Å². The summed E-state index contributed by atoms with van der Waals surface area (Å²) >= 11 is 1.70. The van der Waals surface area contributed by atoms with Crippen LogP contribution in [0.3, 0.4) is 0 Å². The smallest absolute Gasteiger partial charge is 0.225 e. The average Bonchev–Trinajstić information content (AvgIpc) is 2.43. The fraction of sp³-hybridized carbons (Fsp3) is 0.235. The van der Waals surface area contributed by atoms with Crippen LogP contribution in [0.5, 0.6) is 0 Å². The first kappa shape index (κ1) is 15.4. The Morgan fingerprint density at radius 3 is 2.76 bits per heavy atom. The number of rotatable bonds is 5. The first-order valence-electron chi connectivity index (χ1n) is 6.90. The molecule has 0 unspecified atom stereocenters. The van der Waals surface area contributed by atoms with Crippen molar-refractivity contribution in [3.8, 4) is 0 Å². The predicted molar refractivity (Wildman–Crippen MR) is 90.7 cm³/mol. The highest BCUT2D eigenvalue weighted by molar-refractivity contribution is 7.99. The van der Waals surface area contributed by atoms with E-state index in [-0.39, 0.29) is 5.91 Å². The van der Waals surface area contributed by atoms with E-state index in [9.17, 15) is 4.79 Å². The molecular formula is C17H20N2OS. The van der Waals surface area contributed by atoms with Crippen molar-refractivity contribution in [1.29, 1.82) is 0 Å². The number of nitrogens with one attached hydrogen (secondary N) is 1. The van der Waals surface area contributed by atoms with Crippen LogP contribution >= 0.6 is 11.8 Å². The number of aryl methyl sites for hydroxylation is 2. The van der Waals surface area contributed by atoms with Gasteiger partial charge in [0.2, 0.25) is 5.91 Å². The number of carbonyl (C=O) groups excluding carboxylic acids is 1. The van der Waals surface area contributed by atoms with Crippen LogP contribution in [-0.2, 0) is 4.79 Å². The highest BCUT2D eigenvalue weighted by atomic mass is 32.2. The van der Waals surface area contributed by atoms with Crippen molar-refractivity contribution in [2.75, 3.05) is 16.8 Å². The monoisotopic (exact) mass is 300 g/mol. The fourth-order valence-electron chi connectivity index (χ4n) is 1.95. The first-order chi connectivity index (χ1) is 10.0. The number of hydrogen-bond acceptors (Lipinski definition) is 3. The SMILES string of the molecule is Cc1cccc(SCCC(=O)Nc2cc(N)ccc2C)c1. The van der Waals surface area contributed by atoms with E-state index in [1.54, 1.807) is 17.8 Å². The molecule has 21 heavy (non-hydrogen) atoms. The summed E-state index contributed by atoms with van der Waals surface area (Å²) in [4.78, 5) is 13.2. The van der Waals surface area contributed by atoms with Crippen LogP contribution in [0.2, 0.25) is 0 Å². The Bertz CT molecular complexity index is 640. The molecule has 0 atom stereocenters. The third-order valence-corrected chi connectivity index (χ3v) is 4.12. The Balaban J connectivity index is 1.84. The summed E-state index contributed by atoms with van der Waals surface area (Å²) < 4.78 is 0. The summed E-state index contributed by atoms with van der Waals surface area (Å²) in [5.74, 6) is 0.778. The van der Waals surface area contributed by atoms with Crippen LogP contribution in [0, 0.1) is 13.8 Å². The molecule has 2 rings (SSSR count). The van der Waals surface area contributed by atoms with Crippen LogP contribution in [0.4, 0.5) is 11.4 Å². The minimum atomic E-state index is 0.0175. The maximum absolute atomic E-state index is 12.0. The lowest BCUT2D eigenvalue weighted by atomic mass is 10.2. The normalized spacial score (nSPS) is 10.4. The lowest BCUT2D eigenvalue weighted by molar-refractivity contribution is -0.115. The zero-order valence-electron chi connectivity index (χ0n) is 12.3. The van der Waals surface area contributed by atoms with Gasteiger partial charge in [-0.05, 0) is 43.7 Å². The molecule has 0 heterocycles. The second kappa shape index (κ2) is 7.18. The minimum Gasteiger partial charge on any atom is -0.399 e. The van der Waals surface area contributed by atoms with E-state index in [2.05, 4.69) is 30.4 Å². The zero-order valence-corrected chi connectivity index (χ0v) is 13.2. The quantitative estimate of drug-likeness (QED) is 0.648. The van der Waals surface area contributed by atoms with Crippen LogP contribution in [0.25, 0.3) is 0 Å². The lowest BCUT2D eigenvalue weighted by Gasteiger charge is -2.09. The van der Waals surface area contributed by atoms with Crippen molar-refractivity contribution >= 4 is 29.0 Å². The van der Waals surface area contributed by atoms with Gasteiger partial charge in [0.15, 0.2) is 0 Å². The van der Waals surface area contributed by atoms with Gasteiger partial charge in [-0.2, -0.15) is 0 Å². The molecule has 0 saturated carbocycles. The second-order valence-corrected chi connectivity index (χ2v) is 6.21. The Morgan fingerprint density at radius 2 is 2.00 bits per heavy atom. The maximum Gasteiger partial charge on any atom is 0.225 e. The molecule has 0 radical (unpaired) electrons. The highest BCUT2D eigenvalue weighted by Gasteiger charge is 2.05. The summed E-state index contributed by atoms with van der Waals surface area (Å²) in [6.45, 7) is 4.02. The topological polar surface area (TPSA) is 55.1 Å². The Morgan fingerprint density at radius 1 is 1.19 bits per heavy atom. The van der Waals surface area contributed by atoms with E-state index >= 15 is 0 Å². The summed E-state index contributed by atoms with van der Waals surface area (Å²) in [5.41, 5.74) is 9.44. The summed E-state index contributed by atoms with van der Waals surface area (Å²) in [7, 11) is 0. The zero-order chi connectivity index (χ0) is 15.2. The molecule has 110 valence electrons. The van der Waals surface area contributed by atoms with Gasteiger partial charge in [0.25, 0.3) is 0 Å². The Hall–Kier alpha value is -1.94. The predicted octanol–water partition coefficient (Wildman–Crippen LogP) is 4.01. The number of anilines is 2. The molecule has 0 aliphatic rings. The molecule has 0 saturated heterocycles. The number of thioether (sulfide) groups is 1. The van der Waals surface area contributed by atoms with Crippen LogP contribution in [0.1, 0.15) is 17.5 Å². The van der Waals surface area contributed by atoms with Crippen molar-refractivity contribution in [2.45, 2.75) is 25.2 Å². The van der Waals surface area contributed by atoms with E-state index in [0.29, 0.717) is 12.1 Å². The number of carbonyl (C=O) groups is 1. The summed E-state index contributed by atoms with van der Waals surface area (Å²) in [6, 6.07) is 13.8. The van der Waals surface area contributed by atoms with Crippen LogP contribution < -0.4 is 11.1 Å². The molecule has 0 aliphatic heterocycles. The molecule has 0 bridgehead atoms. The standard InChI is InChI=1S/C17H20N2OS/c1-12-4-3-5-15(10-12)21-9-8-17(20)19-16-11-14(18)7-6-13(16)2/h3-7,10-11H,8-9,18H2,1-2H3,(H,19,20). The minimum absolute atomic E-state index is 0.0175. The fourth-order valence-corrected chi connectivity index (χ4v) is 2.92. The molecule has 4 heteroatoms. The first-order valence-corrected chi connectivity index (χ1v) is 7.88. The lowest BCUT2D eigenvalue weighted by Crippen LogP contribution is -2.13. The van der Waals surface area contributed by atoms with Crippen LogP contribution in [-0.4, -0.2) is 11.7 Å². The van der Waals surface area contributed by atoms with Crippen molar-refractivity contribution in [1.82, 2.24) is 0 Å². The molecule has 0 aliphatic carbocycles. The number of nitrogens with two attached hydrogens (primary N) is 1. The van der Waals surface area contributed by atoms with Gasteiger partial charge < -0.3 is 11.1 Å². The van der Waals surface area contributed by atoms with Gasteiger partial charge in [0.1, 0.15) is 0 Å². The van der Waals surface area contributed by atoms with E-state index < -0.39 is 0 Å². The third-order valence-electron chi connectivity index (χ3n) is 3.12. The second-order valence-electron chi connectivity index (χ2n) is 5.04. The van der Waals surface area contributed by atoms with E-state index in [0.717, 1.165) is 17.0 Å². The van der Waals surface area contributed by atoms with Gasteiger partial charge in [0, 0.05) is 28.4 Å². The van der Waals surface area contributed by atoms with E-state index in [1.807, 2.05) is 25.1 Å².